The number of nitrogens with one attached hydrogen (secondary N) is 1. The molecule has 1 saturated carbocycles. The molecule has 19 heavy (non-hydrogen) atoms. The average Bonchev–Trinajstić information content (AvgIpc) is 2.94. The molecule has 102 valence electrons. The maximum Gasteiger partial charge on any atom is 0.251 e. The van der Waals surface area contributed by atoms with E-state index in [-0.39, 0.29) is 5.91 Å². The van der Waals surface area contributed by atoms with Gasteiger partial charge in [0.1, 0.15) is 5.75 Å². The lowest BCUT2D eigenvalue weighted by Crippen LogP contribution is -2.33. The molecular weight excluding hydrogens is 238 g/mol. The summed E-state index contributed by atoms with van der Waals surface area (Å²) in [6, 6.07) is 6.07. The number of fused-ring (bicyclic) bond motifs is 1. The highest BCUT2D eigenvalue weighted by molar-refractivity contribution is 5.94. The van der Waals surface area contributed by atoms with Gasteiger partial charge in [-0.2, -0.15) is 0 Å². The van der Waals surface area contributed by atoms with Crippen LogP contribution in [0.4, 0.5) is 0 Å². The topological polar surface area (TPSA) is 38.3 Å². The third kappa shape index (κ3) is 2.60. The number of hydrogen-bond acceptors (Lipinski definition) is 2. The summed E-state index contributed by atoms with van der Waals surface area (Å²) >= 11 is 0. The van der Waals surface area contributed by atoms with E-state index >= 15 is 0 Å². The van der Waals surface area contributed by atoms with E-state index in [0.717, 1.165) is 42.7 Å². The predicted octanol–water partition coefficient (Wildman–Crippen LogP) is 2.93. The molecule has 1 amide bonds. The molecule has 2 aliphatic rings. The van der Waals surface area contributed by atoms with Crippen molar-refractivity contribution in [1.29, 1.82) is 0 Å². The lowest BCUT2D eigenvalue weighted by atomic mass is 9.92. The van der Waals surface area contributed by atoms with Crippen LogP contribution in [0.5, 0.6) is 5.75 Å². The van der Waals surface area contributed by atoms with Gasteiger partial charge in [-0.3, -0.25) is 4.79 Å². The van der Waals surface area contributed by atoms with Gasteiger partial charge in [0.15, 0.2) is 0 Å². The molecule has 1 aromatic carbocycles. The van der Waals surface area contributed by atoms with E-state index in [1.165, 1.54) is 6.42 Å². The van der Waals surface area contributed by atoms with E-state index < -0.39 is 0 Å². The Labute approximate surface area is 114 Å². The molecule has 3 rings (SSSR count). The van der Waals surface area contributed by atoms with Crippen LogP contribution in [0.15, 0.2) is 18.2 Å². The quantitative estimate of drug-likeness (QED) is 0.886. The van der Waals surface area contributed by atoms with E-state index in [1.54, 1.807) is 0 Å². The summed E-state index contributed by atoms with van der Waals surface area (Å²) in [5.41, 5.74) is 2.28. The molecule has 0 saturated heterocycles. The first-order valence-corrected chi connectivity index (χ1v) is 7.10. The zero-order chi connectivity index (χ0) is 13.5. The number of carbonyl (C=O) groups excluding carboxylic acids is 1. The van der Waals surface area contributed by atoms with Crippen LogP contribution in [-0.4, -0.2) is 18.6 Å². The van der Waals surface area contributed by atoms with E-state index in [9.17, 15) is 4.79 Å². The highest BCUT2D eigenvalue weighted by Gasteiger charge is 2.31. The Morgan fingerprint density at radius 1 is 1.42 bits per heavy atom. The van der Waals surface area contributed by atoms with Crippen molar-refractivity contribution < 1.29 is 9.53 Å². The normalized spacial score (nSPS) is 23.8. The van der Waals surface area contributed by atoms with Crippen LogP contribution in [0.2, 0.25) is 0 Å². The van der Waals surface area contributed by atoms with Gasteiger partial charge in [0.25, 0.3) is 5.91 Å². The van der Waals surface area contributed by atoms with Crippen LogP contribution >= 0.6 is 0 Å². The van der Waals surface area contributed by atoms with Crippen LogP contribution < -0.4 is 10.1 Å². The lowest BCUT2D eigenvalue weighted by molar-refractivity contribution is 0.0936. The average molecular weight is 259 g/mol. The van der Waals surface area contributed by atoms with Gasteiger partial charge in [-0.1, -0.05) is 13.8 Å². The van der Waals surface area contributed by atoms with Crippen molar-refractivity contribution in [2.24, 2.45) is 5.41 Å². The number of benzene rings is 1. The van der Waals surface area contributed by atoms with Gasteiger partial charge in [0.2, 0.25) is 0 Å². The summed E-state index contributed by atoms with van der Waals surface area (Å²) in [4.78, 5) is 12.3. The second-order valence-electron chi connectivity index (χ2n) is 6.50. The minimum absolute atomic E-state index is 0.0531. The fraction of sp³-hybridized carbons (Fsp3) is 0.562. The maximum absolute atomic E-state index is 12.3. The van der Waals surface area contributed by atoms with Crippen LogP contribution in [0.1, 0.15) is 49.0 Å². The summed E-state index contributed by atoms with van der Waals surface area (Å²) < 4.78 is 5.46. The van der Waals surface area contributed by atoms with Gasteiger partial charge in [-0.05, 0) is 48.4 Å². The number of hydrogen-bond donors (Lipinski definition) is 1. The molecule has 1 aliphatic carbocycles. The van der Waals surface area contributed by atoms with Crippen molar-refractivity contribution in [3.63, 3.8) is 0 Å². The smallest absolute Gasteiger partial charge is 0.251 e. The number of carbonyl (C=O) groups is 1. The Kier molecular flexibility index (Phi) is 3.00. The van der Waals surface area contributed by atoms with Crippen molar-refractivity contribution in [3.05, 3.63) is 29.3 Å². The fourth-order valence-corrected chi connectivity index (χ4v) is 3.16. The van der Waals surface area contributed by atoms with Crippen LogP contribution in [0, 0.1) is 5.41 Å². The lowest BCUT2D eigenvalue weighted by Gasteiger charge is -2.18. The Balaban J connectivity index is 1.68. The van der Waals surface area contributed by atoms with E-state index in [0.29, 0.717) is 11.5 Å². The van der Waals surface area contributed by atoms with Crippen LogP contribution in [0.25, 0.3) is 0 Å². The first kappa shape index (κ1) is 12.5. The monoisotopic (exact) mass is 259 g/mol. The Hall–Kier alpha value is -1.51. The number of rotatable bonds is 2. The summed E-state index contributed by atoms with van der Waals surface area (Å²) in [5, 5.41) is 3.16. The summed E-state index contributed by atoms with van der Waals surface area (Å²) in [6.45, 7) is 5.27. The predicted molar refractivity (Wildman–Crippen MR) is 74.5 cm³/mol. The molecule has 1 fully saturated rings. The molecule has 1 atom stereocenters. The summed E-state index contributed by atoms with van der Waals surface area (Å²) in [5.74, 6) is 0.982. The Bertz CT molecular complexity index is 507. The second-order valence-corrected chi connectivity index (χ2v) is 6.50. The van der Waals surface area contributed by atoms with Crippen molar-refractivity contribution in [3.8, 4) is 5.75 Å². The molecule has 3 nitrogen and oxygen atoms in total. The largest absolute Gasteiger partial charge is 0.493 e. The highest BCUT2D eigenvalue weighted by atomic mass is 16.5. The van der Waals surface area contributed by atoms with Gasteiger partial charge < -0.3 is 10.1 Å². The maximum atomic E-state index is 12.3. The van der Waals surface area contributed by atoms with Crippen molar-refractivity contribution in [2.45, 2.75) is 45.6 Å². The summed E-state index contributed by atoms with van der Waals surface area (Å²) in [7, 11) is 0. The number of amides is 1. The van der Waals surface area contributed by atoms with Gasteiger partial charge in [-0.15, -0.1) is 0 Å². The third-order valence-corrected chi connectivity index (χ3v) is 4.26. The van der Waals surface area contributed by atoms with E-state index in [4.69, 9.17) is 4.74 Å². The van der Waals surface area contributed by atoms with E-state index in [1.807, 2.05) is 18.2 Å². The molecule has 1 aliphatic heterocycles. The van der Waals surface area contributed by atoms with Gasteiger partial charge in [0, 0.05) is 18.0 Å². The van der Waals surface area contributed by atoms with Crippen molar-refractivity contribution in [1.82, 2.24) is 5.32 Å². The first-order chi connectivity index (χ1) is 9.03. The molecule has 1 aromatic rings. The number of ether oxygens (including phenoxy) is 1. The van der Waals surface area contributed by atoms with Crippen molar-refractivity contribution in [2.75, 3.05) is 6.61 Å². The molecular formula is C16H21NO2. The minimum Gasteiger partial charge on any atom is -0.493 e. The molecule has 1 heterocycles. The molecule has 1 unspecified atom stereocenters. The summed E-state index contributed by atoms with van der Waals surface area (Å²) in [6.07, 6.45) is 4.27. The minimum atomic E-state index is 0.0531. The standard InChI is InChI=1S/C16H21NO2/c1-16(2)7-5-13(10-16)17-15(18)12-3-4-14-11(9-12)6-8-19-14/h3-4,9,13H,5-8,10H2,1-2H3,(H,17,18). The SMILES string of the molecule is CC1(C)CCC(NC(=O)c2ccc3c(c2)CCO3)C1. The second kappa shape index (κ2) is 4.55. The molecule has 0 spiro atoms. The zero-order valence-electron chi connectivity index (χ0n) is 11.7. The molecule has 0 bridgehead atoms. The zero-order valence-corrected chi connectivity index (χ0v) is 11.7. The van der Waals surface area contributed by atoms with Crippen LogP contribution in [0.3, 0.4) is 0 Å². The van der Waals surface area contributed by atoms with Crippen LogP contribution in [-0.2, 0) is 6.42 Å². The van der Waals surface area contributed by atoms with E-state index in [2.05, 4.69) is 19.2 Å². The van der Waals surface area contributed by atoms with Crippen molar-refractivity contribution >= 4 is 5.91 Å². The Morgan fingerprint density at radius 2 is 2.26 bits per heavy atom. The first-order valence-electron chi connectivity index (χ1n) is 7.10. The molecule has 0 aromatic heterocycles. The highest BCUT2D eigenvalue weighted by Crippen LogP contribution is 2.37. The van der Waals surface area contributed by atoms with Gasteiger partial charge in [-0.25, -0.2) is 0 Å². The Morgan fingerprint density at radius 3 is 3.00 bits per heavy atom. The molecule has 3 heteroatoms. The van der Waals surface area contributed by atoms with Gasteiger partial charge >= 0.3 is 0 Å². The third-order valence-electron chi connectivity index (χ3n) is 4.26. The molecule has 0 radical (unpaired) electrons. The van der Waals surface area contributed by atoms with Gasteiger partial charge in [0.05, 0.1) is 6.61 Å². The fourth-order valence-electron chi connectivity index (χ4n) is 3.16. The molecule has 1 N–H and O–H groups in total.